The third-order valence-electron chi connectivity index (χ3n) is 5.10. The number of carboxylic acid groups (broad SMARTS) is 1. The number of benzene rings is 2. The van der Waals surface area contributed by atoms with Crippen LogP contribution in [0.15, 0.2) is 60.0 Å². The lowest BCUT2D eigenvalue weighted by Crippen LogP contribution is -2.28. The molecular weight excluding hydrogens is 455 g/mol. The predicted octanol–water partition coefficient (Wildman–Crippen LogP) is 5.35. The number of alkyl halides is 3. The molecule has 0 aliphatic carbocycles. The molecule has 170 valence electrons. The first-order chi connectivity index (χ1) is 15.6. The Morgan fingerprint density at radius 1 is 1.15 bits per heavy atom. The summed E-state index contributed by atoms with van der Waals surface area (Å²) in [4.78, 5) is 28.9. The molecule has 33 heavy (non-hydrogen) atoms. The van der Waals surface area contributed by atoms with Crippen molar-refractivity contribution in [3.63, 3.8) is 0 Å². The zero-order valence-electron chi connectivity index (χ0n) is 17.3. The zero-order chi connectivity index (χ0) is 23.8. The predicted molar refractivity (Wildman–Crippen MR) is 117 cm³/mol. The van der Waals surface area contributed by atoms with Crippen molar-refractivity contribution >= 4 is 34.2 Å². The number of hydrogen-bond donors (Lipinski definition) is 2. The van der Waals surface area contributed by atoms with Crippen LogP contribution in [0.1, 0.15) is 49.9 Å². The number of halogens is 3. The van der Waals surface area contributed by atoms with Gasteiger partial charge in [-0.2, -0.15) is 13.2 Å². The van der Waals surface area contributed by atoms with Gasteiger partial charge in [0.05, 0.1) is 33.1 Å². The molecule has 0 aliphatic rings. The first-order valence-electron chi connectivity index (χ1n) is 9.87. The summed E-state index contributed by atoms with van der Waals surface area (Å²) in [6.07, 6.45) is -4.48. The Morgan fingerprint density at radius 2 is 1.94 bits per heavy atom. The highest BCUT2D eigenvalue weighted by Crippen LogP contribution is 2.30. The molecule has 2 heterocycles. The average Bonchev–Trinajstić information content (AvgIpc) is 3.42. The van der Waals surface area contributed by atoms with Gasteiger partial charge in [0.1, 0.15) is 5.82 Å². The fraction of sp³-hybridized carbons (Fsp3) is 0.174. The van der Waals surface area contributed by atoms with Gasteiger partial charge in [-0.15, -0.1) is 11.3 Å². The Kier molecular flexibility index (Phi) is 5.94. The highest BCUT2D eigenvalue weighted by molar-refractivity contribution is 7.12. The van der Waals surface area contributed by atoms with Crippen LogP contribution < -0.4 is 5.32 Å². The molecular formula is C23H18F3N3O3S. The van der Waals surface area contributed by atoms with E-state index < -0.39 is 23.8 Å². The number of nitrogens with zero attached hydrogens (tertiary/aromatic N) is 2. The van der Waals surface area contributed by atoms with E-state index >= 15 is 0 Å². The number of carbonyl (C=O) groups excluding carboxylic acids is 1. The fourth-order valence-electron chi connectivity index (χ4n) is 3.55. The number of aromatic nitrogens is 2. The molecule has 0 bridgehead atoms. The first-order valence-corrected chi connectivity index (χ1v) is 10.8. The molecule has 10 heteroatoms. The van der Waals surface area contributed by atoms with Crippen LogP contribution in [0.3, 0.4) is 0 Å². The maximum atomic E-state index is 13.2. The molecule has 2 aromatic carbocycles. The summed E-state index contributed by atoms with van der Waals surface area (Å²) >= 11 is 1.28. The van der Waals surface area contributed by atoms with E-state index in [1.165, 1.54) is 29.5 Å². The number of aromatic carboxylic acids is 1. The van der Waals surface area contributed by atoms with Crippen molar-refractivity contribution < 1.29 is 27.9 Å². The molecule has 6 nitrogen and oxygen atoms in total. The third-order valence-corrected chi connectivity index (χ3v) is 5.97. The maximum Gasteiger partial charge on any atom is 0.416 e. The number of thiophene rings is 1. The van der Waals surface area contributed by atoms with E-state index in [-0.39, 0.29) is 18.0 Å². The normalized spacial score (nSPS) is 12.6. The second-order valence-electron chi connectivity index (χ2n) is 7.44. The van der Waals surface area contributed by atoms with Crippen LogP contribution >= 0.6 is 11.3 Å². The van der Waals surface area contributed by atoms with Gasteiger partial charge in [0.25, 0.3) is 5.91 Å². The van der Waals surface area contributed by atoms with E-state index in [0.717, 1.165) is 12.1 Å². The Hall–Kier alpha value is -3.66. The van der Waals surface area contributed by atoms with E-state index in [1.807, 2.05) is 0 Å². The third kappa shape index (κ3) is 4.75. The van der Waals surface area contributed by atoms with Gasteiger partial charge in [-0.1, -0.05) is 18.2 Å². The summed E-state index contributed by atoms with van der Waals surface area (Å²) in [7, 11) is 0. The SMILES string of the molecule is CC(NC(=O)c1cccs1)c1nc2cc(C(=O)O)ccc2n1Cc1cccc(C(F)(F)F)c1. The van der Waals surface area contributed by atoms with Gasteiger partial charge in [0.2, 0.25) is 0 Å². The van der Waals surface area contributed by atoms with Crippen LogP contribution in [0.25, 0.3) is 11.0 Å². The molecule has 0 saturated carbocycles. The van der Waals surface area contributed by atoms with E-state index in [9.17, 15) is 27.9 Å². The maximum absolute atomic E-state index is 13.2. The van der Waals surface area contributed by atoms with Crippen molar-refractivity contribution in [3.8, 4) is 0 Å². The molecule has 0 saturated heterocycles. The van der Waals surface area contributed by atoms with Gasteiger partial charge in [-0.25, -0.2) is 9.78 Å². The number of carboxylic acids is 1. The molecule has 4 aromatic rings. The van der Waals surface area contributed by atoms with Gasteiger partial charge in [-0.05, 0) is 54.3 Å². The van der Waals surface area contributed by atoms with Gasteiger partial charge in [0.15, 0.2) is 0 Å². The van der Waals surface area contributed by atoms with Crippen LogP contribution in [0.4, 0.5) is 13.2 Å². The van der Waals surface area contributed by atoms with Crippen molar-refractivity contribution in [3.05, 3.63) is 87.4 Å². The molecule has 4 rings (SSSR count). The van der Waals surface area contributed by atoms with E-state index in [4.69, 9.17) is 0 Å². The first kappa shape index (κ1) is 22.5. The van der Waals surface area contributed by atoms with Gasteiger partial charge in [0, 0.05) is 6.54 Å². The van der Waals surface area contributed by atoms with E-state index in [0.29, 0.717) is 27.3 Å². The lowest BCUT2D eigenvalue weighted by atomic mass is 10.1. The zero-order valence-corrected chi connectivity index (χ0v) is 18.1. The number of rotatable bonds is 6. The van der Waals surface area contributed by atoms with Crippen LogP contribution in [-0.2, 0) is 12.7 Å². The molecule has 0 fully saturated rings. The van der Waals surface area contributed by atoms with Crippen LogP contribution in [0.2, 0.25) is 0 Å². The smallest absolute Gasteiger partial charge is 0.416 e. The van der Waals surface area contributed by atoms with Crippen LogP contribution in [-0.4, -0.2) is 26.5 Å². The lowest BCUT2D eigenvalue weighted by molar-refractivity contribution is -0.137. The number of nitrogens with one attached hydrogen (secondary N) is 1. The minimum atomic E-state index is -4.48. The number of carbonyl (C=O) groups is 2. The molecule has 0 aliphatic heterocycles. The number of imidazole rings is 1. The van der Waals surface area contributed by atoms with Gasteiger partial charge in [-0.3, -0.25) is 4.79 Å². The Labute approximate surface area is 190 Å². The lowest BCUT2D eigenvalue weighted by Gasteiger charge is -2.17. The Bertz CT molecular complexity index is 1330. The summed E-state index contributed by atoms with van der Waals surface area (Å²) < 4.78 is 41.2. The largest absolute Gasteiger partial charge is 0.478 e. The molecule has 0 radical (unpaired) electrons. The second kappa shape index (κ2) is 8.70. The molecule has 0 spiro atoms. The second-order valence-corrected chi connectivity index (χ2v) is 8.38. The minimum Gasteiger partial charge on any atom is -0.478 e. The van der Waals surface area contributed by atoms with Crippen molar-refractivity contribution in [2.75, 3.05) is 0 Å². The highest BCUT2D eigenvalue weighted by Gasteiger charge is 2.30. The number of fused-ring (bicyclic) bond motifs is 1. The van der Waals surface area contributed by atoms with Crippen LogP contribution in [0, 0.1) is 0 Å². The molecule has 1 unspecified atom stereocenters. The fourth-order valence-corrected chi connectivity index (χ4v) is 4.17. The Balaban J connectivity index is 1.76. The Morgan fingerprint density at radius 3 is 2.61 bits per heavy atom. The van der Waals surface area contributed by atoms with E-state index in [1.54, 1.807) is 41.1 Å². The van der Waals surface area contributed by atoms with Crippen molar-refractivity contribution in [2.45, 2.75) is 25.7 Å². The quantitative estimate of drug-likeness (QED) is 0.395. The average molecular weight is 473 g/mol. The highest BCUT2D eigenvalue weighted by atomic mass is 32.1. The number of hydrogen-bond acceptors (Lipinski definition) is 4. The van der Waals surface area contributed by atoms with E-state index in [2.05, 4.69) is 10.3 Å². The van der Waals surface area contributed by atoms with Gasteiger partial charge >= 0.3 is 12.1 Å². The summed E-state index contributed by atoms with van der Waals surface area (Å²) in [6, 6.07) is 12.2. The number of amides is 1. The van der Waals surface area contributed by atoms with Gasteiger partial charge < -0.3 is 15.0 Å². The standard InChI is InChI=1S/C23H18F3N3O3S/c1-13(27-21(30)19-6-3-9-33-19)20-28-17-11-15(22(31)32)7-8-18(17)29(20)12-14-4-2-5-16(10-14)23(24,25)26/h2-11,13H,12H2,1H3,(H,27,30)(H,31,32). The van der Waals surface area contributed by atoms with Crippen LogP contribution in [0.5, 0.6) is 0 Å². The molecule has 1 amide bonds. The topological polar surface area (TPSA) is 84.2 Å². The van der Waals surface area contributed by atoms with Crippen molar-refractivity contribution in [2.24, 2.45) is 0 Å². The van der Waals surface area contributed by atoms with Crippen molar-refractivity contribution in [1.82, 2.24) is 14.9 Å². The monoisotopic (exact) mass is 473 g/mol. The molecule has 2 aromatic heterocycles. The summed E-state index contributed by atoms with van der Waals surface area (Å²) in [5.74, 6) is -1.03. The molecule has 1 atom stereocenters. The summed E-state index contributed by atoms with van der Waals surface area (Å²) in [6.45, 7) is 1.77. The molecule has 2 N–H and O–H groups in total. The summed E-state index contributed by atoms with van der Waals surface area (Å²) in [5, 5.41) is 13.9. The van der Waals surface area contributed by atoms with Crippen molar-refractivity contribution in [1.29, 1.82) is 0 Å². The summed E-state index contributed by atoms with van der Waals surface area (Å²) in [5.41, 5.74) is 0.578. The minimum absolute atomic E-state index is 0.0352.